The van der Waals surface area contributed by atoms with Gasteiger partial charge < -0.3 is 9.47 Å². The first-order valence-corrected chi connectivity index (χ1v) is 7.16. The molecule has 1 aliphatic rings. The van der Waals surface area contributed by atoms with Crippen molar-refractivity contribution in [1.82, 2.24) is 9.47 Å². The molecule has 3 rings (SSSR count). The Kier molecular flexibility index (Phi) is 3.44. The summed E-state index contributed by atoms with van der Waals surface area (Å²) < 4.78 is 1.98. The van der Waals surface area contributed by atoms with Crippen LogP contribution in [0.2, 0.25) is 0 Å². The number of nitrogens with zero attached hydrogens (tertiary/aromatic N) is 3. The van der Waals surface area contributed by atoms with Crippen LogP contribution in [-0.4, -0.2) is 33.4 Å². The maximum absolute atomic E-state index is 11.4. The van der Waals surface area contributed by atoms with E-state index in [-0.39, 0.29) is 16.5 Å². The molecule has 0 atom stereocenters. The molecule has 0 spiro atoms. The highest BCUT2D eigenvalue weighted by Crippen LogP contribution is 2.32. The van der Waals surface area contributed by atoms with Crippen LogP contribution in [0.4, 0.5) is 5.69 Å². The van der Waals surface area contributed by atoms with Gasteiger partial charge >= 0.3 is 0 Å². The zero-order chi connectivity index (χ0) is 15.9. The van der Waals surface area contributed by atoms with Gasteiger partial charge in [-0.05, 0) is 18.1 Å². The lowest BCUT2D eigenvalue weighted by Gasteiger charge is -2.25. The monoisotopic (exact) mass is 299 g/mol. The standard InChI is InChI=1S/C16H17N3O3/c1-11(20)18-7-5-12(6-8-18)15-10-17(2)16-4-3-13(19(21)22)9-14(15)16/h3-5,9-10H,6-8H2,1-2H3. The SMILES string of the molecule is CC(=O)N1CC=C(c2cn(C)c3ccc([N+](=O)[O-])cc23)CC1. The van der Waals surface area contributed by atoms with Crippen molar-refractivity contribution in [3.8, 4) is 0 Å². The van der Waals surface area contributed by atoms with Gasteiger partial charge in [0.1, 0.15) is 0 Å². The number of hydrogen-bond donors (Lipinski definition) is 0. The number of aromatic nitrogens is 1. The largest absolute Gasteiger partial charge is 0.350 e. The topological polar surface area (TPSA) is 68.4 Å². The lowest BCUT2D eigenvalue weighted by atomic mass is 9.98. The first kappa shape index (κ1) is 14.3. The maximum atomic E-state index is 11.4. The van der Waals surface area contributed by atoms with Gasteiger partial charge in [0.25, 0.3) is 5.69 Å². The Labute approximate surface area is 127 Å². The van der Waals surface area contributed by atoms with Crippen LogP contribution in [0.3, 0.4) is 0 Å². The molecule has 0 unspecified atom stereocenters. The van der Waals surface area contributed by atoms with Crippen molar-refractivity contribution in [1.29, 1.82) is 0 Å². The molecule has 0 N–H and O–H groups in total. The van der Waals surface area contributed by atoms with E-state index in [4.69, 9.17) is 0 Å². The van der Waals surface area contributed by atoms with Gasteiger partial charge in [0, 0.05) is 61.9 Å². The molecule has 22 heavy (non-hydrogen) atoms. The molecular formula is C16H17N3O3. The molecule has 2 heterocycles. The summed E-state index contributed by atoms with van der Waals surface area (Å²) in [7, 11) is 1.93. The van der Waals surface area contributed by atoms with E-state index in [0.717, 1.165) is 28.5 Å². The molecule has 0 aliphatic carbocycles. The second-order valence-electron chi connectivity index (χ2n) is 5.56. The number of nitro groups is 1. The fourth-order valence-corrected chi connectivity index (χ4v) is 2.95. The normalized spacial score (nSPS) is 15.0. The Bertz CT molecular complexity index is 804. The summed E-state index contributed by atoms with van der Waals surface area (Å²) in [5.74, 6) is 0.0730. The number of aryl methyl sites for hydroxylation is 1. The first-order chi connectivity index (χ1) is 10.5. The smallest absolute Gasteiger partial charge is 0.270 e. The van der Waals surface area contributed by atoms with Crippen LogP contribution in [0.1, 0.15) is 18.9 Å². The molecule has 1 amide bonds. The summed E-state index contributed by atoms with van der Waals surface area (Å²) in [6.07, 6.45) is 4.81. The van der Waals surface area contributed by atoms with Crippen LogP contribution in [0, 0.1) is 10.1 Å². The molecule has 6 nitrogen and oxygen atoms in total. The van der Waals surface area contributed by atoms with Crippen molar-refractivity contribution in [2.45, 2.75) is 13.3 Å². The van der Waals surface area contributed by atoms with Crippen molar-refractivity contribution in [3.63, 3.8) is 0 Å². The van der Waals surface area contributed by atoms with Crippen LogP contribution >= 0.6 is 0 Å². The van der Waals surface area contributed by atoms with E-state index < -0.39 is 0 Å². The number of benzene rings is 1. The summed E-state index contributed by atoms with van der Waals surface area (Å²) >= 11 is 0. The fourth-order valence-electron chi connectivity index (χ4n) is 2.95. The summed E-state index contributed by atoms with van der Waals surface area (Å²) in [5.41, 5.74) is 3.23. The summed E-state index contributed by atoms with van der Waals surface area (Å²) in [4.78, 5) is 23.8. The van der Waals surface area contributed by atoms with Crippen molar-refractivity contribution in [2.24, 2.45) is 7.05 Å². The number of hydrogen-bond acceptors (Lipinski definition) is 3. The zero-order valence-electron chi connectivity index (χ0n) is 12.6. The highest BCUT2D eigenvalue weighted by Gasteiger charge is 2.19. The summed E-state index contributed by atoms with van der Waals surface area (Å²) in [6.45, 7) is 2.85. The molecule has 114 valence electrons. The van der Waals surface area contributed by atoms with Crippen LogP contribution in [0.25, 0.3) is 16.5 Å². The van der Waals surface area contributed by atoms with Crippen molar-refractivity contribution < 1.29 is 9.72 Å². The predicted octanol–water partition coefficient (Wildman–Crippen LogP) is 2.72. The second-order valence-corrected chi connectivity index (χ2v) is 5.56. The number of nitro benzene ring substituents is 1. The molecule has 0 saturated carbocycles. The molecular weight excluding hydrogens is 282 g/mol. The predicted molar refractivity (Wildman–Crippen MR) is 84.4 cm³/mol. The minimum Gasteiger partial charge on any atom is -0.350 e. The van der Waals surface area contributed by atoms with Gasteiger partial charge in [0.15, 0.2) is 0 Å². The number of carbonyl (C=O) groups excluding carboxylic acids is 1. The van der Waals surface area contributed by atoms with Gasteiger partial charge in [-0.25, -0.2) is 0 Å². The number of amides is 1. The summed E-state index contributed by atoms with van der Waals surface area (Å²) in [6, 6.07) is 4.93. The molecule has 0 radical (unpaired) electrons. The van der Waals surface area contributed by atoms with E-state index in [0.29, 0.717) is 13.1 Å². The van der Waals surface area contributed by atoms with E-state index in [2.05, 4.69) is 0 Å². The van der Waals surface area contributed by atoms with E-state index in [1.54, 1.807) is 24.0 Å². The van der Waals surface area contributed by atoms with Gasteiger partial charge in [0.2, 0.25) is 5.91 Å². The molecule has 6 heteroatoms. The molecule has 0 fully saturated rings. The number of non-ortho nitro benzene ring substituents is 1. The Balaban J connectivity index is 2.06. The van der Waals surface area contributed by atoms with Gasteiger partial charge in [-0.15, -0.1) is 0 Å². The third-order valence-corrected chi connectivity index (χ3v) is 4.18. The van der Waals surface area contributed by atoms with E-state index in [1.807, 2.05) is 23.9 Å². The fraction of sp³-hybridized carbons (Fsp3) is 0.312. The van der Waals surface area contributed by atoms with E-state index in [1.165, 1.54) is 6.07 Å². The number of carbonyl (C=O) groups is 1. The van der Waals surface area contributed by atoms with Crippen LogP contribution in [0.15, 0.2) is 30.5 Å². The van der Waals surface area contributed by atoms with Gasteiger partial charge in [-0.1, -0.05) is 6.08 Å². The van der Waals surface area contributed by atoms with E-state index >= 15 is 0 Å². The van der Waals surface area contributed by atoms with Crippen LogP contribution < -0.4 is 0 Å². The maximum Gasteiger partial charge on any atom is 0.270 e. The molecule has 1 aromatic carbocycles. The highest BCUT2D eigenvalue weighted by molar-refractivity contribution is 5.95. The third-order valence-electron chi connectivity index (χ3n) is 4.18. The Hall–Kier alpha value is -2.63. The van der Waals surface area contributed by atoms with Crippen LogP contribution in [0.5, 0.6) is 0 Å². The Morgan fingerprint density at radius 1 is 1.36 bits per heavy atom. The van der Waals surface area contributed by atoms with Crippen molar-refractivity contribution in [2.75, 3.05) is 13.1 Å². The molecule has 2 aromatic rings. The second kappa shape index (κ2) is 5.29. The lowest BCUT2D eigenvalue weighted by Crippen LogP contribution is -2.32. The quantitative estimate of drug-likeness (QED) is 0.632. The average molecular weight is 299 g/mol. The van der Waals surface area contributed by atoms with Crippen molar-refractivity contribution in [3.05, 3.63) is 46.1 Å². The highest BCUT2D eigenvalue weighted by atomic mass is 16.6. The van der Waals surface area contributed by atoms with Gasteiger partial charge in [-0.2, -0.15) is 0 Å². The molecule has 1 aromatic heterocycles. The molecule has 0 bridgehead atoms. The minimum absolute atomic E-state index is 0.0730. The molecule has 0 saturated heterocycles. The van der Waals surface area contributed by atoms with Gasteiger partial charge in [-0.3, -0.25) is 14.9 Å². The zero-order valence-corrected chi connectivity index (χ0v) is 12.6. The average Bonchev–Trinajstić information content (AvgIpc) is 2.84. The van der Waals surface area contributed by atoms with Crippen LogP contribution in [-0.2, 0) is 11.8 Å². The summed E-state index contributed by atoms with van der Waals surface area (Å²) in [5, 5.41) is 11.9. The molecule has 1 aliphatic heterocycles. The van der Waals surface area contributed by atoms with Crippen molar-refractivity contribution >= 4 is 28.1 Å². The Morgan fingerprint density at radius 2 is 2.14 bits per heavy atom. The number of fused-ring (bicyclic) bond motifs is 1. The Morgan fingerprint density at radius 3 is 2.73 bits per heavy atom. The number of rotatable bonds is 2. The lowest BCUT2D eigenvalue weighted by molar-refractivity contribution is -0.384. The van der Waals surface area contributed by atoms with E-state index in [9.17, 15) is 14.9 Å². The first-order valence-electron chi connectivity index (χ1n) is 7.16. The minimum atomic E-state index is -0.372. The van der Waals surface area contributed by atoms with Gasteiger partial charge in [0.05, 0.1) is 4.92 Å². The third kappa shape index (κ3) is 2.36.